The highest BCUT2D eigenvalue weighted by Crippen LogP contribution is 2.26. The fraction of sp³-hybridized carbons (Fsp3) is 0.450. The fourth-order valence-electron chi connectivity index (χ4n) is 4.22. The van der Waals surface area contributed by atoms with Crippen molar-refractivity contribution in [3.05, 3.63) is 41.2 Å². The van der Waals surface area contributed by atoms with Crippen LogP contribution in [0.1, 0.15) is 41.6 Å². The molecule has 0 saturated carbocycles. The van der Waals surface area contributed by atoms with Crippen LogP contribution in [0, 0.1) is 13.8 Å². The van der Waals surface area contributed by atoms with E-state index >= 15 is 0 Å². The number of sulfonamides is 1. The molecule has 8 nitrogen and oxygen atoms in total. The van der Waals surface area contributed by atoms with Gasteiger partial charge >= 0.3 is 0 Å². The molecule has 160 valence electrons. The van der Waals surface area contributed by atoms with Gasteiger partial charge in [0.2, 0.25) is 10.0 Å². The standard InChI is InChI=1S/C20H25N5O3S2/c1-13(2)25-14(3)12-16(15(25)4)20(26)23-8-10-24(11-9-23)30(27,28)18-7-5-6-17-19(18)22-29-21-17/h5-7,12-13H,8-11H2,1-4H3. The monoisotopic (exact) mass is 447 g/mol. The van der Waals surface area contributed by atoms with Crippen LogP contribution in [-0.2, 0) is 10.0 Å². The van der Waals surface area contributed by atoms with E-state index in [1.165, 1.54) is 4.31 Å². The molecule has 10 heteroatoms. The van der Waals surface area contributed by atoms with Gasteiger partial charge in [-0.2, -0.15) is 13.1 Å². The number of piperazine rings is 1. The van der Waals surface area contributed by atoms with Gasteiger partial charge in [-0.05, 0) is 45.9 Å². The zero-order valence-electron chi connectivity index (χ0n) is 17.5. The lowest BCUT2D eigenvalue weighted by Gasteiger charge is -2.34. The maximum absolute atomic E-state index is 13.2. The summed E-state index contributed by atoms with van der Waals surface area (Å²) in [7, 11) is -3.70. The number of benzene rings is 1. The molecule has 3 heterocycles. The molecule has 4 rings (SSSR count). The number of carbonyl (C=O) groups excluding carboxylic acids is 1. The lowest BCUT2D eigenvalue weighted by molar-refractivity contribution is 0.0697. The Labute approximate surface area is 180 Å². The molecule has 0 aliphatic carbocycles. The Morgan fingerprint density at radius 2 is 1.80 bits per heavy atom. The first-order valence-corrected chi connectivity index (χ1v) is 12.1. The van der Waals surface area contributed by atoms with Crippen molar-refractivity contribution >= 4 is 38.7 Å². The molecule has 0 atom stereocenters. The van der Waals surface area contributed by atoms with Crippen LogP contribution in [0.4, 0.5) is 0 Å². The fourth-order valence-corrected chi connectivity index (χ4v) is 6.39. The van der Waals surface area contributed by atoms with E-state index in [1.54, 1.807) is 23.1 Å². The first-order valence-electron chi connectivity index (χ1n) is 9.91. The predicted molar refractivity (Wildman–Crippen MR) is 116 cm³/mol. The number of rotatable bonds is 4. The van der Waals surface area contributed by atoms with Crippen molar-refractivity contribution in [1.29, 1.82) is 0 Å². The molecule has 0 unspecified atom stereocenters. The van der Waals surface area contributed by atoms with Crippen molar-refractivity contribution in [2.24, 2.45) is 0 Å². The van der Waals surface area contributed by atoms with Gasteiger partial charge in [-0.3, -0.25) is 4.79 Å². The summed E-state index contributed by atoms with van der Waals surface area (Å²) in [6.07, 6.45) is 0. The van der Waals surface area contributed by atoms with E-state index in [0.29, 0.717) is 29.7 Å². The average molecular weight is 448 g/mol. The van der Waals surface area contributed by atoms with Crippen LogP contribution in [0.5, 0.6) is 0 Å². The van der Waals surface area contributed by atoms with E-state index in [9.17, 15) is 13.2 Å². The number of aromatic nitrogens is 3. The SMILES string of the molecule is Cc1cc(C(=O)N2CCN(S(=O)(=O)c3cccc4nsnc34)CC2)c(C)n1C(C)C. The minimum absolute atomic E-state index is 0.0437. The van der Waals surface area contributed by atoms with Crippen LogP contribution < -0.4 is 0 Å². The maximum Gasteiger partial charge on any atom is 0.255 e. The molecular weight excluding hydrogens is 422 g/mol. The van der Waals surface area contributed by atoms with Crippen molar-refractivity contribution in [2.75, 3.05) is 26.2 Å². The summed E-state index contributed by atoms with van der Waals surface area (Å²) < 4.78 is 38.2. The van der Waals surface area contributed by atoms with E-state index in [2.05, 4.69) is 27.2 Å². The van der Waals surface area contributed by atoms with Gasteiger partial charge in [0, 0.05) is 43.6 Å². The van der Waals surface area contributed by atoms with Crippen LogP contribution in [0.2, 0.25) is 0 Å². The lowest BCUT2D eigenvalue weighted by Crippen LogP contribution is -2.50. The first-order chi connectivity index (χ1) is 14.2. The molecule has 3 aromatic rings. The molecule has 1 fully saturated rings. The summed E-state index contributed by atoms with van der Waals surface area (Å²) in [6.45, 7) is 9.37. The Bertz CT molecular complexity index is 1200. The Morgan fingerprint density at radius 3 is 2.43 bits per heavy atom. The van der Waals surface area contributed by atoms with E-state index in [1.807, 2.05) is 19.9 Å². The quantitative estimate of drug-likeness (QED) is 0.614. The van der Waals surface area contributed by atoms with Crippen molar-refractivity contribution in [1.82, 2.24) is 22.5 Å². The third-order valence-electron chi connectivity index (χ3n) is 5.62. The van der Waals surface area contributed by atoms with Gasteiger partial charge in [-0.15, -0.1) is 0 Å². The third kappa shape index (κ3) is 3.42. The summed E-state index contributed by atoms with van der Waals surface area (Å²) in [5, 5.41) is 0. The van der Waals surface area contributed by atoms with Crippen LogP contribution in [0.3, 0.4) is 0 Å². The smallest absolute Gasteiger partial charge is 0.255 e. The highest BCUT2D eigenvalue weighted by atomic mass is 32.2. The lowest BCUT2D eigenvalue weighted by atomic mass is 10.2. The number of hydrogen-bond donors (Lipinski definition) is 0. The molecule has 1 aliphatic heterocycles. The highest BCUT2D eigenvalue weighted by molar-refractivity contribution is 7.89. The summed E-state index contributed by atoms with van der Waals surface area (Å²) in [6, 6.07) is 7.20. The number of hydrogen-bond acceptors (Lipinski definition) is 6. The molecule has 1 aromatic carbocycles. The van der Waals surface area contributed by atoms with Crippen LogP contribution >= 0.6 is 11.7 Å². The summed E-state index contributed by atoms with van der Waals surface area (Å²) in [5.41, 5.74) is 3.68. The topological polar surface area (TPSA) is 88.4 Å². The zero-order valence-corrected chi connectivity index (χ0v) is 19.1. The molecular formula is C20H25N5O3S2. The van der Waals surface area contributed by atoms with E-state index in [0.717, 1.165) is 23.1 Å². The van der Waals surface area contributed by atoms with Crippen LogP contribution in [-0.4, -0.2) is 63.0 Å². The molecule has 1 saturated heterocycles. The molecule has 0 spiro atoms. The van der Waals surface area contributed by atoms with E-state index < -0.39 is 10.0 Å². The average Bonchev–Trinajstić information content (AvgIpc) is 3.31. The number of fused-ring (bicyclic) bond motifs is 1. The number of aryl methyl sites for hydroxylation is 1. The van der Waals surface area contributed by atoms with Crippen LogP contribution in [0.15, 0.2) is 29.2 Å². The molecule has 0 radical (unpaired) electrons. The third-order valence-corrected chi connectivity index (χ3v) is 8.10. The van der Waals surface area contributed by atoms with E-state index in [-0.39, 0.29) is 29.9 Å². The molecule has 1 aliphatic rings. The van der Waals surface area contributed by atoms with Gasteiger partial charge in [0.25, 0.3) is 5.91 Å². The molecule has 0 bridgehead atoms. The molecule has 1 amide bonds. The summed E-state index contributed by atoms with van der Waals surface area (Å²) >= 11 is 1.00. The second kappa shape index (κ2) is 7.75. The minimum atomic E-state index is -3.70. The van der Waals surface area contributed by atoms with Crippen molar-refractivity contribution < 1.29 is 13.2 Å². The molecule has 30 heavy (non-hydrogen) atoms. The normalized spacial score (nSPS) is 16.0. The van der Waals surface area contributed by atoms with Gasteiger partial charge < -0.3 is 9.47 Å². The Morgan fingerprint density at radius 1 is 1.10 bits per heavy atom. The second-order valence-electron chi connectivity index (χ2n) is 7.83. The van der Waals surface area contributed by atoms with Crippen molar-refractivity contribution in [3.8, 4) is 0 Å². The van der Waals surface area contributed by atoms with Gasteiger partial charge in [-0.25, -0.2) is 8.42 Å². The largest absolute Gasteiger partial charge is 0.346 e. The van der Waals surface area contributed by atoms with Gasteiger partial charge in [0.05, 0.1) is 17.3 Å². The predicted octanol–water partition coefficient (Wildman–Crippen LogP) is 2.84. The van der Waals surface area contributed by atoms with E-state index in [4.69, 9.17) is 0 Å². The number of amides is 1. The van der Waals surface area contributed by atoms with Crippen LogP contribution in [0.25, 0.3) is 11.0 Å². The number of carbonyl (C=O) groups is 1. The summed E-state index contributed by atoms with van der Waals surface area (Å²) in [4.78, 5) is 15.0. The van der Waals surface area contributed by atoms with Gasteiger partial charge in [0.15, 0.2) is 0 Å². The minimum Gasteiger partial charge on any atom is -0.346 e. The van der Waals surface area contributed by atoms with Crippen molar-refractivity contribution in [2.45, 2.75) is 38.6 Å². The second-order valence-corrected chi connectivity index (χ2v) is 10.3. The summed E-state index contributed by atoms with van der Waals surface area (Å²) in [5.74, 6) is -0.0437. The Hall–Kier alpha value is -2.30. The zero-order chi connectivity index (χ0) is 21.6. The van der Waals surface area contributed by atoms with Gasteiger partial charge in [0.1, 0.15) is 15.9 Å². The van der Waals surface area contributed by atoms with Crippen molar-refractivity contribution in [3.63, 3.8) is 0 Å². The Balaban J connectivity index is 1.52. The molecule has 0 N–H and O–H groups in total. The Kier molecular flexibility index (Phi) is 5.41. The highest BCUT2D eigenvalue weighted by Gasteiger charge is 2.33. The molecule has 2 aromatic heterocycles. The van der Waals surface area contributed by atoms with Gasteiger partial charge in [-0.1, -0.05) is 6.07 Å². The maximum atomic E-state index is 13.2. The first kappa shape index (κ1) is 21.0. The number of nitrogens with zero attached hydrogens (tertiary/aromatic N) is 5.